The molecule has 3 nitrogen and oxygen atoms in total. The predicted octanol–water partition coefficient (Wildman–Crippen LogP) is 3.18. The Morgan fingerprint density at radius 1 is 1.35 bits per heavy atom. The lowest BCUT2D eigenvalue weighted by Gasteiger charge is -2.14. The summed E-state index contributed by atoms with van der Waals surface area (Å²) in [6, 6.07) is 6.39. The third-order valence-electron chi connectivity index (χ3n) is 2.98. The molecule has 1 heterocycles. The fraction of sp³-hybridized carbons (Fsp3) is 0.214. The zero-order valence-corrected chi connectivity index (χ0v) is 9.86. The Kier molecular flexibility index (Phi) is 2.76. The number of benzene rings is 1. The van der Waals surface area contributed by atoms with Gasteiger partial charge in [0.1, 0.15) is 11.3 Å². The highest BCUT2D eigenvalue weighted by atomic mass is 16.4. The summed E-state index contributed by atoms with van der Waals surface area (Å²) in [7, 11) is 0. The second-order valence-corrected chi connectivity index (χ2v) is 4.24. The van der Waals surface area contributed by atoms with Gasteiger partial charge < -0.3 is 9.52 Å². The Bertz CT molecular complexity index is 637. The van der Waals surface area contributed by atoms with Gasteiger partial charge in [-0.1, -0.05) is 19.1 Å². The number of rotatable bonds is 2. The van der Waals surface area contributed by atoms with E-state index in [1.54, 1.807) is 18.2 Å². The van der Waals surface area contributed by atoms with Crippen molar-refractivity contribution in [2.45, 2.75) is 19.8 Å². The molecule has 0 fully saturated rings. The van der Waals surface area contributed by atoms with E-state index in [0.29, 0.717) is 11.1 Å². The van der Waals surface area contributed by atoms with Crippen LogP contribution in [0.25, 0.3) is 11.0 Å². The molecule has 0 saturated carbocycles. The Morgan fingerprint density at radius 3 is 2.65 bits per heavy atom. The number of fused-ring (bicyclic) bond motifs is 1. The van der Waals surface area contributed by atoms with Gasteiger partial charge in [0, 0.05) is 22.9 Å². The monoisotopic (exact) mass is 230 g/mol. The van der Waals surface area contributed by atoms with Gasteiger partial charge in [0.25, 0.3) is 0 Å². The van der Waals surface area contributed by atoms with Gasteiger partial charge in [-0.05, 0) is 25.1 Å². The Labute approximate surface area is 99.0 Å². The van der Waals surface area contributed by atoms with Crippen molar-refractivity contribution >= 4 is 11.0 Å². The van der Waals surface area contributed by atoms with E-state index in [1.165, 1.54) is 6.07 Å². The lowest BCUT2D eigenvalue weighted by atomic mass is 9.92. The van der Waals surface area contributed by atoms with Crippen molar-refractivity contribution < 1.29 is 9.52 Å². The van der Waals surface area contributed by atoms with Crippen LogP contribution < -0.4 is 5.63 Å². The summed E-state index contributed by atoms with van der Waals surface area (Å²) in [6.07, 6.45) is 0. The van der Waals surface area contributed by atoms with Gasteiger partial charge in [0.15, 0.2) is 0 Å². The molecule has 3 heteroatoms. The first-order valence-electron chi connectivity index (χ1n) is 5.42. The highest BCUT2D eigenvalue weighted by Crippen LogP contribution is 2.35. The van der Waals surface area contributed by atoms with Crippen molar-refractivity contribution in [2.75, 3.05) is 0 Å². The summed E-state index contributed by atoms with van der Waals surface area (Å²) in [4.78, 5) is 11.3. The summed E-state index contributed by atoms with van der Waals surface area (Å²) >= 11 is 0. The van der Waals surface area contributed by atoms with Crippen LogP contribution in [0.2, 0.25) is 0 Å². The Morgan fingerprint density at radius 2 is 2.00 bits per heavy atom. The van der Waals surface area contributed by atoms with Crippen LogP contribution in [-0.4, -0.2) is 5.11 Å². The van der Waals surface area contributed by atoms with Gasteiger partial charge in [-0.15, -0.1) is 0 Å². The van der Waals surface area contributed by atoms with Crippen LogP contribution in [0.15, 0.2) is 45.6 Å². The third-order valence-corrected chi connectivity index (χ3v) is 2.98. The molecule has 1 unspecified atom stereocenters. The van der Waals surface area contributed by atoms with Gasteiger partial charge in [0.2, 0.25) is 0 Å². The highest BCUT2D eigenvalue weighted by molar-refractivity contribution is 5.82. The third kappa shape index (κ3) is 1.96. The maximum absolute atomic E-state index is 11.3. The molecule has 0 aliphatic rings. The number of phenols is 1. The zero-order valence-electron chi connectivity index (χ0n) is 9.86. The molecule has 2 aromatic rings. The van der Waals surface area contributed by atoms with E-state index in [-0.39, 0.29) is 11.7 Å². The van der Waals surface area contributed by atoms with Gasteiger partial charge in [-0.25, -0.2) is 4.79 Å². The molecule has 0 spiro atoms. The largest absolute Gasteiger partial charge is 0.508 e. The molecule has 1 aromatic heterocycles. The smallest absolute Gasteiger partial charge is 0.336 e. The zero-order chi connectivity index (χ0) is 12.6. The lowest BCUT2D eigenvalue weighted by molar-refractivity contribution is 0.462. The van der Waals surface area contributed by atoms with Crippen LogP contribution >= 0.6 is 0 Å². The van der Waals surface area contributed by atoms with Crippen molar-refractivity contribution in [3.63, 3.8) is 0 Å². The van der Waals surface area contributed by atoms with E-state index in [2.05, 4.69) is 6.58 Å². The summed E-state index contributed by atoms with van der Waals surface area (Å²) < 4.78 is 5.19. The first-order chi connectivity index (χ1) is 8.00. The number of allylic oxidation sites excluding steroid dienone is 1. The summed E-state index contributed by atoms with van der Waals surface area (Å²) in [5.74, 6) is 0.0617. The number of aromatic hydroxyl groups is 1. The Hall–Kier alpha value is -2.03. The Balaban J connectivity index is 2.83. The van der Waals surface area contributed by atoms with Crippen molar-refractivity contribution in [2.24, 2.45) is 0 Å². The predicted molar refractivity (Wildman–Crippen MR) is 67.4 cm³/mol. The fourth-order valence-electron chi connectivity index (χ4n) is 1.81. The van der Waals surface area contributed by atoms with Crippen molar-refractivity contribution in [1.82, 2.24) is 0 Å². The molecule has 0 aliphatic carbocycles. The number of hydrogen-bond donors (Lipinski definition) is 1. The molecule has 0 saturated heterocycles. The van der Waals surface area contributed by atoms with Gasteiger partial charge in [0.05, 0.1) is 0 Å². The minimum atomic E-state index is -0.418. The van der Waals surface area contributed by atoms with Crippen LogP contribution in [-0.2, 0) is 0 Å². The van der Waals surface area contributed by atoms with Crippen LogP contribution in [0.3, 0.4) is 0 Å². The number of hydrogen-bond acceptors (Lipinski definition) is 3. The normalized spacial score (nSPS) is 12.6. The molecule has 0 bridgehead atoms. The fourth-order valence-corrected chi connectivity index (χ4v) is 1.81. The standard InChI is InChI=1S/C14H14O3/c1-8(2)9(3)13-11(15)6-4-10-5-7-12(16)17-14(10)13/h4-7,9,15H,1H2,2-3H3. The second-order valence-electron chi connectivity index (χ2n) is 4.24. The molecule has 88 valence electrons. The van der Waals surface area contributed by atoms with Gasteiger partial charge in [-0.3, -0.25) is 0 Å². The molecule has 17 heavy (non-hydrogen) atoms. The molecule has 0 amide bonds. The molecule has 1 atom stereocenters. The van der Waals surface area contributed by atoms with Crippen LogP contribution in [0.1, 0.15) is 25.3 Å². The van der Waals surface area contributed by atoms with Crippen LogP contribution in [0.4, 0.5) is 0 Å². The van der Waals surface area contributed by atoms with Crippen LogP contribution in [0, 0.1) is 0 Å². The summed E-state index contributed by atoms with van der Waals surface area (Å²) in [5, 5.41) is 10.7. The first-order valence-corrected chi connectivity index (χ1v) is 5.42. The SMILES string of the molecule is C=C(C)C(C)c1c(O)ccc2ccc(=O)oc12. The van der Waals surface area contributed by atoms with E-state index < -0.39 is 5.63 Å². The van der Waals surface area contributed by atoms with E-state index in [1.807, 2.05) is 13.8 Å². The molecular formula is C14H14O3. The van der Waals surface area contributed by atoms with Gasteiger partial charge in [-0.2, -0.15) is 0 Å². The summed E-state index contributed by atoms with van der Waals surface area (Å²) in [5.41, 5.74) is 1.54. The minimum Gasteiger partial charge on any atom is -0.508 e. The van der Waals surface area contributed by atoms with E-state index in [4.69, 9.17) is 4.42 Å². The topological polar surface area (TPSA) is 50.4 Å². The van der Waals surface area contributed by atoms with E-state index in [0.717, 1.165) is 11.0 Å². The quantitative estimate of drug-likeness (QED) is 0.636. The molecular weight excluding hydrogens is 216 g/mol. The van der Waals surface area contributed by atoms with Crippen molar-refractivity contribution in [1.29, 1.82) is 0 Å². The highest BCUT2D eigenvalue weighted by Gasteiger charge is 2.17. The maximum Gasteiger partial charge on any atom is 0.336 e. The first kappa shape index (κ1) is 11.5. The second kappa shape index (κ2) is 4.09. The molecule has 2 rings (SSSR count). The maximum atomic E-state index is 11.3. The summed E-state index contributed by atoms with van der Waals surface area (Å²) in [6.45, 7) is 7.67. The molecule has 0 aliphatic heterocycles. The lowest BCUT2D eigenvalue weighted by Crippen LogP contribution is -2.00. The van der Waals surface area contributed by atoms with Gasteiger partial charge >= 0.3 is 5.63 Å². The van der Waals surface area contributed by atoms with E-state index >= 15 is 0 Å². The van der Waals surface area contributed by atoms with Crippen LogP contribution in [0.5, 0.6) is 5.75 Å². The van der Waals surface area contributed by atoms with Crippen molar-refractivity contribution in [3.05, 3.63) is 52.4 Å². The number of phenolic OH excluding ortho intramolecular Hbond substituents is 1. The average Bonchev–Trinajstić information content (AvgIpc) is 2.27. The molecule has 1 aromatic carbocycles. The molecule has 1 N–H and O–H groups in total. The minimum absolute atomic E-state index is 0.0655. The molecule has 0 radical (unpaired) electrons. The van der Waals surface area contributed by atoms with E-state index in [9.17, 15) is 9.90 Å². The average molecular weight is 230 g/mol. The van der Waals surface area contributed by atoms with Crippen molar-refractivity contribution in [3.8, 4) is 5.75 Å².